The first-order valence-corrected chi connectivity index (χ1v) is 6.09. The van der Waals surface area contributed by atoms with Gasteiger partial charge < -0.3 is 14.8 Å². The largest absolute Gasteiger partial charge is 0.384 e. The predicted octanol–water partition coefficient (Wildman–Crippen LogP) is 2.18. The molecule has 1 aromatic rings. The summed E-state index contributed by atoms with van der Waals surface area (Å²) < 4.78 is 10.2. The van der Waals surface area contributed by atoms with Crippen LogP contribution in [0.25, 0.3) is 0 Å². The molecule has 0 aliphatic carbocycles. The minimum Gasteiger partial charge on any atom is -0.384 e. The van der Waals surface area contributed by atoms with E-state index in [-0.39, 0.29) is 12.0 Å². The van der Waals surface area contributed by atoms with E-state index in [1.807, 2.05) is 18.2 Å². The highest BCUT2D eigenvalue weighted by Crippen LogP contribution is 2.19. The lowest BCUT2D eigenvalue weighted by Crippen LogP contribution is -2.29. The van der Waals surface area contributed by atoms with Crippen LogP contribution in [0.15, 0.2) is 24.3 Å². The molecule has 0 aliphatic rings. The van der Waals surface area contributed by atoms with Gasteiger partial charge in [-0.3, -0.25) is 4.79 Å². The Kier molecular flexibility index (Phi) is 6.72. The van der Waals surface area contributed by atoms with Crippen LogP contribution >= 0.6 is 11.6 Å². The Morgan fingerprint density at radius 3 is 2.83 bits per heavy atom. The number of benzene rings is 1. The molecule has 1 rings (SSSR count). The number of hydrogen-bond acceptors (Lipinski definition) is 3. The smallest absolute Gasteiger partial charge is 0.222 e. The lowest BCUT2D eigenvalue weighted by Gasteiger charge is -2.16. The highest BCUT2D eigenvalue weighted by atomic mass is 35.5. The summed E-state index contributed by atoms with van der Waals surface area (Å²) in [5.41, 5.74) is 0.942. The molecule has 100 valence electrons. The van der Waals surface area contributed by atoms with Crippen LogP contribution in [0, 0.1) is 0 Å². The van der Waals surface area contributed by atoms with Crippen LogP contribution in [0.2, 0.25) is 5.02 Å². The molecule has 1 amide bonds. The van der Waals surface area contributed by atoms with Crippen LogP contribution < -0.4 is 5.32 Å². The molecule has 1 atom stereocenters. The molecule has 0 spiro atoms. The molecule has 0 fully saturated rings. The molecule has 0 heterocycles. The summed E-state index contributed by atoms with van der Waals surface area (Å²) in [4.78, 5) is 11.4. The van der Waals surface area contributed by atoms with Crippen molar-refractivity contribution in [1.82, 2.24) is 5.32 Å². The summed E-state index contributed by atoms with van der Waals surface area (Å²) in [6.45, 7) is 0.833. The quantitative estimate of drug-likeness (QED) is 0.827. The van der Waals surface area contributed by atoms with Gasteiger partial charge in [0.05, 0.1) is 12.7 Å². The zero-order valence-electron chi connectivity index (χ0n) is 10.6. The molecule has 0 saturated heterocycles. The number of carbonyl (C=O) groups is 1. The molecule has 5 heteroatoms. The van der Waals surface area contributed by atoms with Gasteiger partial charge in [0.2, 0.25) is 5.91 Å². The fourth-order valence-corrected chi connectivity index (χ4v) is 1.73. The van der Waals surface area contributed by atoms with Crippen LogP contribution in [-0.4, -0.2) is 33.3 Å². The van der Waals surface area contributed by atoms with E-state index < -0.39 is 0 Å². The average molecular weight is 272 g/mol. The fraction of sp³-hybridized carbons (Fsp3) is 0.462. The maximum Gasteiger partial charge on any atom is 0.222 e. The van der Waals surface area contributed by atoms with Crippen LogP contribution in [0.1, 0.15) is 18.1 Å². The Balaban J connectivity index is 2.50. The Bertz CT molecular complexity index is 384. The van der Waals surface area contributed by atoms with Crippen molar-refractivity contribution in [2.45, 2.75) is 12.5 Å². The summed E-state index contributed by atoms with van der Waals surface area (Å²) in [5.74, 6) is -0.0547. The van der Waals surface area contributed by atoms with E-state index in [1.54, 1.807) is 20.3 Å². The van der Waals surface area contributed by atoms with E-state index in [1.165, 1.54) is 0 Å². The van der Waals surface area contributed by atoms with Crippen molar-refractivity contribution in [1.29, 1.82) is 0 Å². The summed E-state index contributed by atoms with van der Waals surface area (Å²) in [6, 6.07) is 7.41. The molecule has 0 aromatic heterocycles. The molecule has 0 radical (unpaired) electrons. The van der Waals surface area contributed by atoms with E-state index >= 15 is 0 Å². The van der Waals surface area contributed by atoms with E-state index in [2.05, 4.69) is 5.32 Å². The van der Waals surface area contributed by atoms with Crippen molar-refractivity contribution < 1.29 is 14.3 Å². The van der Waals surface area contributed by atoms with E-state index in [0.717, 1.165) is 5.56 Å². The van der Waals surface area contributed by atoms with Gasteiger partial charge in [-0.2, -0.15) is 0 Å². The second kappa shape index (κ2) is 8.08. The number of rotatable bonds is 7. The number of ether oxygens (including phenoxy) is 2. The third-order valence-electron chi connectivity index (χ3n) is 2.52. The second-order valence-corrected chi connectivity index (χ2v) is 4.26. The van der Waals surface area contributed by atoms with Gasteiger partial charge in [0.25, 0.3) is 0 Å². The minimum atomic E-state index is -0.199. The maximum absolute atomic E-state index is 11.4. The zero-order valence-corrected chi connectivity index (χ0v) is 11.4. The highest BCUT2D eigenvalue weighted by Gasteiger charge is 2.12. The number of hydrogen-bond donors (Lipinski definition) is 1. The van der Waals surface area contributed by atoms with Gasteiger partial charge in [0.1, 0.15) is 0 Å². The van der Waals surface area contributed by atoms with Crippen molar-refractivity contribution in [2.24, 2.45) is 0 Å². The van der Waals surface area contributed by atoms with Gasteiger partial charge in [-0.15, -0.1) is 0 Å². The summed E-state index contributed by atoms with van der Waals surface area (Å²) in [5, 5.41) is 3.45. The number of amides is 1. The molecular formula is C13H18ClNO3. The van der Waals surface area contributed by atoms with Crippen LogP contribution in [0.3, 0.4) is 0 Å². The van der Waals surface area contributed by atoms with Crippen molar-refractivity contribution in [2.75, 3.05) is 27.4 Å². The number of halogens is 1. The van der Waals surface area contributed by atoms with Gasteiger partial charge in [-0.25, -0.2) is 0 Å². The standard InChI is InChI=1S/C13H18ClNO3/c1-17-7-6-13(16)15-9-12(18-2)10-4-3-5-11(14)8-10/h3-5,8,12H,6-7,9H2,1-2H3,(H,15,16)/t12-/m1/s1. The molecular weight excluding hydrogens is 254 g/mol. The van der Waals surface area contributed by atoms with Gasteiger partial charge >= 0.3 is 0 Å². The topological polar surface area (TPSA) is 47.6 Å². The maximum atomic E-state index is 11.4. The molecule has 18 heavy (non-hydrogen) atoms. The third kappa shape index (κ3) is 5.04. The van der Waals surface area contributed by atoms with E-state index in [0.29, 0.717) is 24.6 Å². The minimum absolute atomic E-state index is 0.0547. The molecule has 1 aromatic carbocycles. The SMILES string of the molecule is COCCC(=O)NC[C@@H](OC)c1cccc(Cl)c1. The first-order chi connectivity index (χ1) is 8.67. The predicted molar refractivity (Wildman–Crippen MR) is 70.7 cm³/mol. The van der Waals surface area contributed by atoms with Crippen molar-refractivity contribution in [3.05, 3.63) is 34.9 Å². The monoisotopic (exact) mass is 271 g/mol. The molecule has 0 saturated carbocycles. The van der Waals surface area contributed by atoms with Gasteiger partial charge in [-0.05, 0) is 17.7 Å². The molecule has 0 aliphatic heterocycles. The van der Waals surface area contributed by atoms with Crippen molar-refractivity contribution in [3.63, 3.8) is 0 Å². The van der Waals surface area contributed by atoms with E-state index in [4.69, 9.17) is 21.1 Å². The number of methoxy groups -OCH3 is 2. The van der Waals surface area contributed by atoms with Crippen LogP contribution in [0.4, 0.5) is 0 Å². The normalized spacial score (nSPS) is 12.2. The van der Waals surface area contributed by atoms with Crippen molar-refractivity contribution in [3.8, 4) is 0 Å². The Labute approximate surface area is 112 Å². The Morgan fingerprint density at radius 2 is 2.22 bits per heavy atom. The first-order valence-electron chi connectivity index (χ1n) is 5.71. The van der Waals surface area contributed by atoms with Gasteiger partial charge in [0, 0.05) is 32.2 Å². The Morgan fingerprint density at radius 1 is 1.44 bits per heavy atom. The molecule has 4 nitrogen and oxygen atoms in total. The zero-order chi connectivity index (χ0) is 13.4. The fourth-order valence-electron chi connectivity index (χ4n) is 1.53. The first kappa shape index (κ1) is 15.0. The van der Waals surface area contributed by atoms with Gasteiger partial charge in [-0.1, -0.05) is 23.7 Å². The second-order valence-electron chi connectivity index (χ2n) is 3.83. The summed E-state index contributed by atoms with van der Waals surface area (Å²) >= 11 is 5.92. The van der Waals surface area contributed by atoms with Gasteiger partial charge in [0.15, 0.2) is 0 Å². The summed E-state index contributed by atoms with van der Waals surface area (Å²) in [7, 11) is 3.17. The molecule has 1 N–H and O–H groups in total. The Hall–Kier alpha value is -1.10. The lowest BCUT2D eigenvalue weighted by atomic mass is 10.1. The van der Waals surface area contributed by atoms with Crippen LogP contribution in [0.5, 0.6) is 0 Å². The molecule has 0 unspecified atom stereocenters. The van der Waals surface area contributed by atoms with Crippen molar-refractivity contribution >= 4 is 17.5 Å². The summed E-state index contributed by atoms with van der Waals surface area (Å²) in [6.07, 6.45) is 0.151. The lowest BCUT2D eigenvalue weighted by molar-refractivity contribution is -0.122. The van der Waals surface area contributed by atoms with E-state index in [9.17, 15) is 4.79 Å². The number of nitrogens with one attached hydrogen (secondary N) is 1. The highest BCUT2D eigenvalue weighted by molar-refractivity contribution is 6.30. The third-order valence-corrected chi connectivity index (χ3v) is 2.76. The number of carbonyl (C=O) groups excluding carboxylic acids is 1. The average Bonchev–Trinajstić information content (AvgIpc) is 2.37. The molecule has 0 bridgehead atoms. The van der Waals surface area contributed by atoms with Crippen LogP contribution in [-0.2, 0) is 14.3 Å².